The van der Waals surface area contributed by atoms with Crippen LogP contribution in [0, 0.1) is 5.92 Å². The number of aromatic amines is 1. The molecule has 1 aliphatic rings. The quantitative estimate of drug-likeness (QED) is 0.480. The number of carbonyl (C=O) groups is 1. The maximum Gasteiger partial charge on any atom is 0.307 e. The first-order chi connectivity index (χ1) is 13.6. The molecule has 1 atom stereocenters. The first-order valence-corrected chi connectivity index (χ1v) is 11.3. The van der Waals surface area contributed by atoms with Gasteiger partial charge in [0.25, 0.3) is 5.56 Å². The fraction of sp³-hybridized carbons (Fsp3) is 0.381. The lowest BCUT2D eigenvalue weighted by Gasteiger charge is -2.17. The molecule has 0 saturated carbocycles. The minimum absolute atomic E-state index is 0.00101. The van der Waals surface area contributed by atoms with Crippen LogP contribution in [0.1, 0.15) is 36.0 Å². The van der Waals surface area contributed by atoms with E-state index in [-0.39, 0.29) is 18.1 Å². The highest BCUT2D eigenvalue weighted by Crippen LogP contribution is 2.35. The Morgan fingerprint density at radius 1 is 1.36 bits per heavy atom. The van der Waals surface area contributed by atoms with Crippen molar-refractivity contribution in [2.75, 3.05) is 5.75 Å². The van der Waals surface area contributed by atoms with Crippen molar-refractivity contribution in [3.63, 3.8) is 0 Å². The van der Waals surface area contributed by atoms with E-state index >= 15 is 0 Å². The number of nitrogens with one attached hydrogen (secondary N) is 1. The molecule has 146 valence electrons. The Morgan fingerprint density at radius 2 is 2.18 bits per heavy atom. The number of rotatable bonds is 6. The van der Waals surface area contributed by atoms with Gasteiger partial charge in [0.1, 0.15) is 17.3 Å². The van der Waals surface area contributed by atoms with Gasteiger partial charge in [-0.05, 0) is 42.9 Å². The van der Waals surface area contributed by atoms with Crippen molar-refractivity contribution >= 4 is 39.3 Å². The van der Waals surface area contributed by atoms with Gasteiger partial charge in [-0.3, -0.25) is 9.59 Å². The first kappa shape index (κ1) is 19.2. The molecule has 0 spiro atoms. The van der Waals surface area contributed by atoms with E-state index in [0.717, 1.165) is 39.9 Å². The van der Waals surface area contributed by atoms with Crippen molar-refractivity contribution < 1.29 is 9.53 Å². The number of thioether (sulfide) groups is 1. The monoisotopic (exact) mass is 414 g/mol. The third-order valence-electron chi connectivity index (χ3n) is 4.90. The number of aromatic nitrogens is 2. The molecule has 0 bridgehead atoms. The minimum atomic E-state index is -0.287. The fourth-order valence-corrected chi connectivity index (χ4v) is 5.71. The van der Waals surface area contributed by atoms with Crippen LogP contribution in [-0.2, 0) is 29.0 Å². The van der Waals surface area contributed by atoms with Gasteiger partial charge in [0.15, 0.2) is 0 Å². The zero-order valence-electron chi connectivity index (χ0n) is 15.7. The van der Waals surface area contributed by atoms with Crippen LogP contribution in [0.2, 0.25) is 0 Å². The predicted octanol–water partition coefficient (Wildman–Crippen LogP) is 4.34. The van der Waals surface area contributed by atoms with Crippen LogP contribution in [0.15, 0.2) is 40.0 Å². The molecular formula is C21H22N2O3S2. The lowest BCUT2D eigenvalue weighted by atomic mass is 9.89. The second kappa shape index (κ2) is 8.49. The summed E-state index contributed by atoms with van der Waals surface area (Å²) in [6.07, 6.45) is 3.38. The Hall–Kier alpha value is -2.12. The third-order valence-corrected chi connectivity index (χ3v) is 7.06. The zero-order valence-corrected chi connectivity index (χ0v) is 17.3. The lowest BCUT2D eigenvalue weighted by molar-refractivity contribution is -0.144. The Balaban J connectivity index is 1.37. The zero-order chi connectivity index (χ0) is 19.5. The molecule has 5 nitrogen and oxygen atoms in total. The summed E-state index contributed by atoms with van der Waals surface area (Å²) in [5, 5.41) is 0.723. The van der Waals surface area contributed by atoms with Crippen LogP contribution in [0.4, 0.5) is 0 Å². The van der Waals surface area contributed by atoms with Gasteiger partial charge in [0.2, 0.25) is 0 Å². The number of hydrogen-bond acceptors (Lipinski definition) is 6. The molecule has 1 unspecified atom stereocenters. The van der Waals surface area contributed by atoms with Gasteiger partial charge in [-0.2, -0.15) is 0 Å². The molecule has 1 aromatic carbocycles. The van der Waals surface area contributed by atoms with Crippen molar-refractivity contribution in [3.8, 4) is 0 Å². The molecule has 0 radical (unpaired) electrons. The topological polar surface area (TPSA) is 72.0 Å². The number of hydrogen-bond donors (Lipinski definition) is 1. The van der Waals surface area contributed by atoms with Crippen LogP contribution < -0.4 is 5.56 Å². The Morgan fingerprint density at radius 3 is 3.00 bits per heavy atom. The molecule has 7 heteroatoms. The van der Waals surface area contributed by atoms with Crippen LogP contribution in [-0.4, -0.2) is 21.7 Å². The Bertz CT molecular complexity index is 1040. The van der Waals surface area contributed by atoms with Crippen molar-refractivity contribution in [1.82, 2.24) is 9.97 Å². The van der Waals surface area contributed by atoms with Gasteiger partial charge in [-0.15, -0.1) is 23.1 Å². The highest BCUT2D eigenvalue weighted by atomic mass is 32.2. The number of benzene rings is 1. The van der Waals surface area contributed by atoms with Crippen LogP contribution >= 0.6 is 23.1 Å². The highest BCUT2D eigenvalue weighted by Gasteiger charge is 2.23. The number of carbonyl (C=O) groups excluding carboxylic acids is 1. The smallest absolute Gasteiger partial charge is 0.307 e. The number of nitrogens with zero attached hydrogens (tertiary/aromatic N) is 1. The second-order valence-electron chi connectivity index (χ2n) is 7.12. The number of ether oxygens (including phenoxy) is 1. The van der Waals surface area contributed by atoms with E-state index < -0.39 is 0 Å². The summed E-state index contributed by atoms with van der Waals surface area (Å²) in [5.74, 6) is 1.43. The summed E-state index contributed by atoms with van der Waals surface area (Å²) in [7, 11) is 0. The molecule has 0 aliphatic heterocycles. The van der Waals surface area contributed by atoms with Crippen molar-refractivity contribution in [2.24, 2.45) is 5.92 Å². The molecule has 3 aromatic rings. The van der Waals surface area contributed by atoms with E-state index in [1.54, 1.807) is 23.1 Å². The van der Waals surface area contributed by atoms with E-state index in [4.69, 9.17) is 4.74 Å². The van der Waals surface area contributed by atoms with Crippen molar-refractivity contribution in [3.05, 3.63) is 57.0 Å². The fourth-order valence-electron chi connectivity index (χ4n) is 3.45. The van der Waals surface area contributed by atoms with Gasteiger partial charge in [-0.25, -0.2) is 4.98 Å². The van der Waals surface area contributed by atoms with Gasteiger partial charge >= 0.3 is 5.97 Å². The summed E-state index contributed by atoms with van der Waals surface area (Å²) in [5.41, 5.74) is 1.04. The number of fused-ring (bicyclic) bond motifs is 3. The molecule has 1 aliphatic carbocycles. The second-order valence-corrected chi connectivity index (χ2v) is 9.37. The average molecular weight is 415 g/mol. The summed E-state index contributed by atoms with van der Waals surface area (Å²) < 4.78 is 5.31. The van der Waals surface area contributed by atoms with E-state index in [9.17, 15) is 9.59 Å². The summed E-state index contributed by atoms with van der Waals surface area (Å²) in [4.78, 5) is 35.1. The maximum atomic E-state index is 12.6. The largest absolute Gasteiger partial charge is 0.457 e. The molecule has 28 heavy (non-hydrogen) atoms. The molecule has 1 N–H and O–H groups in total. The van der Waals surface area contributed by atoms with E-state index in [1.807, 2.05) is 30.3 Å². The van der Waals surface area contributed by atoms with E-state index in [2.05, 4.69) is 16.9 Å². The number of thiophene rings is 1. The van der Waals surface area contributed by atoms with Crippen LogP contribution in [0.3, 0.4) is 0 Å². The van der Waals surface area contributed by atoms with Gasteiger partial charge in [0.05, 0.1) is 11.8 Å². The number of H-pyrrole nitrogens is 1. The molecule has 0 saturated heterocycles. The Labute approximate surface area is 171 Å². The molecule has 2 heterocycles. The maximum absolute atomic E-state index is 12.6. The van der Waals surface area contributed by atoms with Gasteiger partial charge in [-0.1, -0.05) is 25.1 Å². The predicted molar refractivity (Wildman–Crippen MR) is 113 cm³/mol. The van der Waals surface area contributed by atoms with Crippen LogP contribution in [0.5, 0.6) is 0 Å². The average Bonchev–Trinajstić information content (AvgIpc) is 3.05. The SMILES string of the molecule is CC1CCc2c(sc3nc(COC(=O)CCSc4ccccc4)[nH]c(=O)c23)C1. The lowest BCUT2D eigenvalue weighted by Crippen LogP contribution is -2.16. The minimum Gasteiger partial charge on any atom is -0.457 e. The molecule has 0 fully saturated rings. The summed E-state index contributed by atoms with van der Waals surface area (Å²) in [6, 6.07) is 9.94. The molecule has 0 amide bonds. The van der Waals surface area contributed by atoms with Gasteiger partial charge < -0.3 is 9.72 Å². The number of esters is 1. The van der Waals surface area contributed by atoms with E-state index in [1.165, 1.54) is 4.88 Å². The van der Waals surface area contributed by atoms with Crippen molar-refractivity contribution in [2.45, 2.75) is 44.1 Å². The standard InChI is InChI=1S/C21H22N2O3S2/c1-13-7-8-15-16(11-13)28-21-19(15)20(25)22-17(23-21)12-26-18(24)9-10-27-14-5-3-2-4-6-14/h2-6,13H,7-12H2,1H3,(H,22,23,25). The summed E-state index contributed by atoms with van der Waals surface area (Å²) in [6.45, 7) is 2.24. The normalized spacial score (nSPS) is 16.1. The molecule has 4 rings (SSSR count). The van der Waals surface area contributed by atoms with Crippen LogP contribution in [0.25, 0.3) is 10.2 Å². The van der Waals surface area contributed by atoms with E-state index in [0.29, 0.717) is 23.9 Å². The number of aryl methyl sites for hydroxylation is 1. The summed E-state index contributed by atoms with van der Waals surface area (Å²) >= 11 is 3.22. The molecule has 2 aromatic heterocycles. The van der Waals surface area contributed by atoms with Crippen molar-refractivity contribution in [1.29, 1.82) is 0 Å². The highest BCUT2D eigenvalue weighted by molar-refractivity contribution is 7.99. The molecular weight excluding hydrogens is 392 g/mol. The Kier molecular flexibility index (Phi) is 5.82. The first-order valence-electron chi connectivity index (χ1n) is 9.47. The van der Waals surface area contributed by atoms with Gasteiger partial charge in [0, 0.05) is 15.5 Å². The third kappa shape index (κ3) is 4.31.